The van der Waals surface area contributed by atoms with Crippen LogP contribution in [0.15, 0.2) is 65.4 Å². The molecule has 0 atom stereocenters. The molecule has 0 saturated heterocycles. The van der Waals surface area contributed by atoms with Gasteiger partial charge < -0.3 is 10.1 Å². The van der Waals surface area contributed by atoms with Gasteiger partial charge in [0, 0.05) is 24.0 Å². The summed E-state index contributed by atoms with van der Waals surface area (Å²) in [4.78, 5) is 33.5. The molecule has 0 fully saturated rings. The molecule has 0 radical (unpaired) electrons. The molecule has 0 aliphatic carbocycles. The van der Waals surface area contributed by atoms with Crippen LogP contribution in [-0.4, -0.2) is 29.2 Å². The van der Waals surface area contributed by atoms with Crippen LogP contribution in [0.25, 0.3) is 0 Å². The maximum Gasteiger partial charge on any atom is 0.414 e. The molecule has 0 aliphatic heterocycles. The van der Waals surface area contributed by atoms with E-state index in [1.54, 1.807) is 50.2 Å². The zero-order valence-corrected chi connectivity index (χ0v) is 17.3. The Labute approximate surface area is 183 Å². The molecule has 0 saturated carbocycles. The molecule has 2 amide bonds. The number of rotatable bonds is 8. The lowest BCUT2D eigenvalue weighted by molar-refractivity contribution is -0.384. The third kappa shape index (κ3) is 6.96. The highest BCUT2D eigenvalue weighted by atomic mass is 16.6. The number of nitro groups is 1. The molecule has 2 aromatic carbocycles. The van der Waals surface area contributed by atoms with Crippen molar-refractivity contribution in [3.8, 4) is 6.07 Å². The number of carbonyl (C=O) groups excluding carboxylic acids is 2. The van der Waals surface area contributed by atoms with E-state index in [9.17, 15) is 19.7 Å². The number of nitrogens with zero attached hydrogens (tertiary/aromatic N) is 3. The number of anilines is 2. The molecule has 2 rings (SSSR count). The fourth-order valence-electron chi connectivity index (χ4n) is 2.34. The summed E-state index contributed by atoms with van der Waals surface area (Å²) in [7, 11) is 0. The number of hydrazone groups is 1. The van der Waals surface area contributed by atoms with Crippen molar-refractivity contribution in [2.75, 3.05) is 17.3 Å². The van der Waals surface area contributed by atoms with Crippen molar-refractivity contribution in [2.24, 2.45) is 5.10 Å². The predicted molar refractivity (Wildman–Crippen MR) is 118 cm³/mol. The number of benzene rings is 2. The van der Waals surface area contributed by atoms with Gasteiger partial charge in [0.25, 0.3) is 11.6 Å². The van der Waals surface area contributed by atoms with Gasteiger partial charge in [0.05, 0.1) is 22.9 Å². The molecular weight excluding hydrogens is 416 g/mol. The Kier molecular flexibility index (Phi) is 8.44. The zero-order valence-electron chi connectivity index (χ0n) is 17.3. The van der Waals surface area contributed by atoms with Crippen molar-refractivity contribution in [1.82, 2.24) is 5.32 Å². The number of imide groups is 1. The molecular formula is C21H20N6O5. The highest BCUT2D eigenvalue weighted by molar-refractivity contribution is 6.05. The largest absolute Gasteiger partial charge is 0.450 e. The number of hydrogen-bond donors (Lipinski definition) is 3. The summed E-state index contributed by atoms with van der Waals surface area (Å²) in [5.41, 5.74) is 5.02. The lowest BCUT2D eigenvalue weighted by Crippen LogP contribution is -2.32. The Morgan fingerprint density at radius 1 is 1.22 bits per heavy atom. The van der Waals surface area contributed by atoms with Crippen molar-refractivity contribution in [3.63, 3.8) is 0 Å². The van der Waals surface area contributed by atoms with Crippen LogP contribution in [0.4, 0.5) is 21.9 Å². The van der Waals surface area contributed by atoms with Gasteiger partial charge in [-0.15, -0.1) is 0 Å². The first-order valence-electron chi connectivity index (χ1n) is 9.34. The van der Waals surface area contributed by atoms with E-state index in [1.165, 1.54) is 18.3 Å². The number of nitro benzene ring substituents is 1. The average Bonchev–Trinajstić information content (AvgIpc) is 2.78. The van der Waals surface area contributed by atoms with E-state index in [4.69, 9.17) is 5.26 Å². The van der Waals surface area contributed by atoms with Crippen LogP contribution in [0, 0.1) is 21.4 Å². The molecule has 0 unspecified atom stereocenters. The number of amides is 2. The molecule has 32 heavy (non-hydrogen) atoms. The van der Waals surface area contributed by atoms with E-state index in [0.717, 1.165) is 5.56 Å². The van der Waals surface area contributed by atoms with E-state index in [-0.39, 0.29) is 17.9 Å². The van der Waals surface area contributed by atoms with Gasteiger partial charge in [0.2, 0.25) is 0 Å². The molecule has 0 heterocycles. The van der Waals surface area contributed by atoms with Gasteiger partial charge in [-0.05, 0) is 43.7 Å². The average molecular weight is 436 g/mol. The third-order valence-electron chi connectivity index (χ3n) is 3.95. The Morgan fingerprint density at radius 2 is 1.94 bits per heavy atom. The first kappa shape index (κ1) is 23.6. The minimum Gasteiger partial charge on any atom is -0.450 e. The molecule has 2 aromatic rings. The van der Waals surface area contributed by atoms with Crippen LogP contribution in [0.1, 0.15) is 19.4 Å². The molecule has 0 bridgehead atoms. The standard InChI is InChI=1S/C21H20N6O5/c1-3-32-21(29)24-20(28)16(12-22)13-23-18-6-4-5-15(11-18)14(2)25-26-17-7-9-19(10-8-17)27(30)31/h4-11,13,23,26H,3H2,1-2H3,(H,24,28,29)/b16-13-,25-14-. The number of nitriles is 1. The predicted octanol–water partition coefficient (Wildman–Crippen LogP) is 3.52. The highest BCUT2D eigenvalue weighted by Crippen LogP contribution is 2.16. The Bertz CT molecular complexity index is 1100. The third-order valence-corrected chi connectivity index (χ3v) is 3.95. The summed E-state index contributed by atoms with van der Waals surface area (Å²) < 4.78 is 4.61. The van der Waals surface area contributed by atoms with Crippen molar-refractivity contribution in [1.29, 1.82) is 5.26 Å². The molecule has 11 heteroatoms. The highest BCUT2D eigenvalue weighted by Gasteiger charge is 2.13. The lowest BCUT2D eigenvalue weighted by Gasteiger charge is -2.07. The van der Waals surface area contributed by atoms with Gasteiger partial charge in [0.1, 0.15) is 11.6 Å². The smallest absolute Gasteiger partial charge is 0.414 e. The fraction of sp³-hybridized carbons (Fsp3) is 0.143. The maximum atomic E-state index is 11.9. The summed E-state index contributed by atoms with van der Waals surface area (Å²) in [5, 5.41) is 28.9. The van der Waals surface area contributed by atoms with Crippen LogP contribution in [-0.2, 0) is 9.53 Å². The maximum absolute atomic E-state index is 11.9. The minimum atomic E-state index is -0.937. The molecule has 0 aliphatic rings. The van der Waals surface area contributed by atoms with Crippen LogP contribution in [0.2, 0.25) is 0 Å². The fourth-order valence-corrected chi connectivity index (χ4v) is 2.34. The van der Waals surface area contributed by atoms with Gasteiger partial charge >= 0.3 is 6.09 Å². The second kappa shape index (κ2) is 11.5. The quantitative estimate of drug-likeness (QED) is 0.186. The van der Waals surface area contributed by atoms with Crippen LogP contribution in [0.5, 0.6) is 0 Å². The Hall–Kier alpha value is -4.72. The van der Waals surface area contributed by atoms with E-state index < -0.39 is 16.9 Å². The molecule has 3 N–H and O–H groups in total. The first-order valence-corrected chi connectivity index (χ1v) is 9.34. The normalized spacial score (nSPS) is 11.2. The van der Waals surface area contributed by atoms with Gasteiger partial charge in [-0.25, -0.2) is 4.79 Å². The van der Waals surface area contributed by atoms with E-state index in [2.05, 4.69) is 20.6 Å². The molecule has 164 valence electrons. The minimum absolute atomic E-state index is 0.0178. The van der Waals surface area contributed by atoms with Gasteiger partial charge in [-0.1, -0.05) is 12.1 Å². The second-order valence-corrected chi connectivity index (χ2v) is 6.18. The SMILES string of the molecule is CCOC(=O)NC(=O)/C(C#N)=C\Nc1cccc(/C(C)=N\Nc2ccc([N+](=O)[O-])cc2)c1. The van der Waals surface area contributed by atoms with E-state index in [1.807, 2.05) is 11.4 Å². The van der Waals surface area contributed by atoms with E-state index in [0.29, 0.717) is 17.1 Å². The van der Waals surface area contributed by atoms with Crippen molar-refractivity contribution in [3.05, 3.63) is 76.0 Å². The van der Waals surface area contributed by atoms with Gasteiger partial charge in [-0.3, -0.25) is 25.7 Å². The monoisotopic (exact) mass is 436 g/mol. The summed E-state index contributed by atoms with van der Waals surface area (Å²) in [6.07, 6.45) is 0.239. The molecule has 0 aromatic heterocycles. The summed E-state index contributed by atoms with van der Waals surface area (Å²) >= 11 is 0. The summed E-state index contributed by atoms with van der Waals surface area (Å²) in [5.74, 6) is -0.889. The number of non-ortho nitro benzene ring substituents is 1. The van der Waals surface area contributed by atoms with Crippen LogP contribution >= 0.6 is 0 Å². The second-order valence-electron chi connectivity index (χ2n) is 6.18. The summed E-state index contributed by atoms with van der Waals surface area (Å²) in [6, 6.07) is 14.6. The van der Waals surface area contributed by atoms with Crippen LogP contribution < -0.4 is 16.1 Å². The number of alkyl carbamates (subject to hydrolysis) is 1. The van der Waals surface area contributed by atoms with E-state index >= 15 is 0 Å². The number of ether oxygens (including phenoxy) is 1. The summed E-state index contributed by atoms with van der Waals surface area (Å²) in [6.45, 7) is 3.45. The number of nitrogens with one attached hydrogen (secondary N) is 3. The van der Waals surface area contributed by atoms with Crippen molar-refractivity contribution in [2.45, 2.75) is 13.8 Å². The first-order chi connectivity index (χ1) is 15.3. The molecule has 0 spiro atoms. The topological polar surface area (TPSA) is 159 Å². The number of hydrogen-bond acceptors (Lipinski definition) is 9. The number of carbonyl (C=O) groups is 2. The molecule has 11 nitrogen and oxygen atoms in total. The van der Waals surface area contributed by atoms with Gasteiger partial charge in [-0.2, -0.15) is 10.4 Å². The zero-order chi connectivity index (χ0) is 23.5. The lowest BCUT2D eigenvalue weighted by atomic mass is 10.1. The van der Waals surface area contributed by atoms with Crippen molar-refractivity contribution >= 4 is 34.8 Å². The Balaban J connectivity index is 2.06. The van der Waals surface area contributed by atoms with Crippen LogP contribution in [0.3, 0.4) is 0 Å². The Morgan fingerprint density at radius 3 is 2.56 bits per heavy atom. The van der Waals surface area contributed by atoms with Gasteiger partial charge in [0.15, 0.2) is 0 Å². The van der Waals surface area contributed by atoms with Crippen molar-refractivity contribution < 1.29 is 19.2 Å².